The normalized spacial score (nSPS) is 18.4. The number of sulfone groups is 1. The van der Waals surface area contributed by atoms with Gasteiger partial charge in [0.2, 0.25) is 0 Å². The van der Waals surface area contributed by atoms with E-state index in [0.29, 0.717) is 13.1 Å². The predicted molar refractivity (Wildman–Crippen MR) is 91.7 cm³/mol. The van der Waals surface area contributed by atoms with Crippen molar-refractivity contribution in [3.8, 4) is 0 Å². The molecule has 1 unspecified atom stereocenters. The average Bonchev–Trinajstić information content (AvgIpc) is 2.61. The molecule has 1 aromatic carbocycles. The lowest BCUT2D eigenvalue weighted by molar-refractivity contribution is 0.0697. The van der Waals surface area contributed by atoms with Crippen LogP contribution in [0.4, 0.5) is 0 Å². The summed E-state index contributed by atoms with van der Waals surface area (Å²) in [5.41, 5.74) is 1.23. The third-order valence-corrected chi connectivity index (χ3v) is 5.48. The highest BCUT2D eigenvalue weighted by Crippen LogP contribution is 2.28. The zero-order valence-corrected chi connectivity index (χ0v) is 14.4. The van der Waals surface area contributed by atoms with Crippen LogP contribution in [0.5, 0.6) is 0 Å². The van der Waals surface area contributed by atoms with Crippen molar-refractivity contribution in [2.45, 2.75) is 23.7 Å². The fourth-order valence-corrected chi connectivity index (χ4v) is 3.98. The van der Waals surface area contributed by atoms with E-state index in [9.17, 15) is 13.2 Å². The molecule has 0 bridgehead atoms. The lowest BCUT2D eigenvalue weighted by Gasteiger charge is -2.33. The van der Waals surface area contributed by atoms with Gasteiger partial charge in [-0.15, -0.1) is 0 Å². The van der Waals surface area contributed by atoms with Crippen LogP contribution in [0.1, 0.15) is 34.8 Å². The first-order chi connectivity index (χ1) is 11.5. The highest BCUT2D eigenvalue weighted by molar-refractivity contribution is 7.90. The third kappa shape index (κ3) is 3.48. The molecular formula is C18H20N2O3S. The van der Waals surface area contributed by atoms with Gasteiger partial charge in [-0.2, -0.15) is 0 Å². The molecule has 1 aliphatic rings. The van der Waals surface area contributed by atoms with E-state index >= 15 is 0 Å². The molecule has 24 heavy (non-hydrogen) atoms. The van der Waals surface area contributed by atoms with Crippen molar-refractivity contribution < 1.29 is 13.2 Å². The van der Waals surface area contributed by atoms with Crippen LogP contribution in [0.15, 0.2) is 53.6 Å². The molecule has 1 aliphatic heterocycles. The van der Waals surface area contributed by atoms with Gasteiger partial charge < -0.3 is 4.90 Å². The minimum Gasteiger partial charge on any atom is -0.337 e. The number of pyridine rings is 1. The van der Waals surface area contributed by atoms with Crippen molar-refractivity contribution >= 4 is 15.7 Å². The monoisotopic (exact) mass is 344 g/mol. The summed E-state index contributed by atoms with van der Waals surface area (Å²) < 4.78 is 23.8. The zero-order valence-electron chi connectivity index (χ0n) is 13.6. The fraction of sp³-hybridized carbons (Fsp3) is 0.333. The Labute approximate surface area is 142 Å². The Balaban J connectivity index is 1.86. The van der Waals surface area contributed by atoms with Gasteiger partial charge in [-0.3, -0.25) is 4.79 Å². The summed E-state index contributed by atoms with van der Waals surface area (Å²) in [7, 11) is -3.49. The van der Waals surface area contributed by atoms with Gasteiger partial charge in [-0.25, -0.2) is 13.4 Å². The van der Waals surface area contributed by atoms with Gasteiger partial charge in [0, 0.05) is 31.5 Å². The molecule has 1 fully saturated rings. The molecular weight excluding hydrogens is 324 g/mol. The van der Waals surface area contributed by atoms with E-state index in [2.05, 4.69) is 17.1 Å². The Morgan fingerprint density at radius 1 is 1.17 bits per heavy atom. The minimum absolute atomic E-state index is 0.00293. The first-order valence-corrected chi connectivity index (χ1v) is 9.85. The third-order valence-electron chi connectivity index (χ3n) is 4.35. The topological polar surface area (TPSA) is 67.3 Å². The molecule has 0 saturated carbocycles. The number of piperidine rings is 1. The number of benzene rings is 1. The van der Waals surface area contributed by atoms with Gasteiger partial charge in [0.15, 0.2) is 9.84 Å². The van der Waals surface area contributed by atoms with E-state index in [0.717, 1.165) is 19.1 Å². The van der Waals surface area contributed by atoms with Crippen LogP contribution in [0.3, 0.4) is 0 Å². The number of rotatable bonds is 3. The van der Waals surface area contributed by atoms with Crippen molar-refractivity contribution in [3.05, 3.63) is 59.9 Å². The maximum absolute atomic E-state index is 12.8. The molecule has 2 heterocycles. The van der Waals surface area contributed by atoms with Gasteiger partial charge >= 0.3 is 0 Å². The Morgan fingerprint density at radius 2 is 1.92 bits per heavy atom. The summed E-state index contributed by atoms with van der Waals surface area (Å²) in [6, 6.07) is 13.1. The number of hydrogen-bond donors (Lipinski definition) is 0. The Kier molecular flexibility index (Phi) is 4.66. The summed E-state index contributed by atoms with van der Waals surface area (Å²) in [5.74, 6) is -0.0362. The van der Waals surface area contributed by atoms with Crippen LogP contribution in [0, 0.1) is 0 Å². The molecule has 0 radical (unpaired) electrons. The van der Waals surface area contributed by atoms with Crippen molar-refractivity contribution in [2.75, 3.05) is 19.3 Å². The van der Waals surface area contributed by atoms with Gasteiger partial charge in [-0.05, 0) is 30.5 Å². The van der Waals surface area contributed by atoms with Crippen molar-refractivity contribution in [3.63, 3.8) is 0 Å². The van der Waals surface area contributed by atoms with E-state index in [4.69, 9.17) is 0 Å². The average molecular weight is 344 g/mol. The summed E-state index contributed by atoms with van der Waals surface area (Å²) in [4.78, 5) is 18.6. The first kappa shape index (κ1) is 16.6. The molecule has 0 N–H and O–H groups in total. The SMILES string of the molecule is CS(=O)(=O)c1cccnc1C(=O)N1CCCC(c2ccccc2)C1. The molecule has 1 saturated heterocycles. The Bertz CT molecular complexity index is 834. The number of nitrogens with zero attached hydrogens (tertiary/aromatic N) is 2. The standard InChI is InChI=1S/C18H20N2O3S/c1-24(22,23)16-10-5-11-19-17(16)18(21)20-12-6-9-15(13-20)14-7-3-2-4-8-14/h2-5,7-8,10-11,15H,6,9,12-13H2,1H3. The van der Waals surface area contributed by atoms with Gasteiger partial charge in [0.25, 0.3) is 5.91 Å². The van der Waals surface area contributed by atoms with E-state index in [1.165, 1.54) is 23.9 Å². The van der Waals surface area contributed by atoms with E-state index in [1.54, 1.807) is 4.90 Å². The highest BCUT2D eigenvalue weighted by atomic mass is 32.2. The van der Waals surface area contributed by atoms with E-state index in [-0.39, 0.29) is 22.4 Å². The molecule has 0 spiro atoms. The first-order valence-electron chi connectivity index (χ1n) is 7.96. The highest BCUT2D eigenvalue weighted by Gasteiger charge is 2.29. The largest absolute Gasteiger partial charge is 0.337 e. The molecule has 3 rings (SSSR count). The van der Waals surface area contributed by atoms with Crippen LogP contribution in [0.2, 0.25) is 0 Å². The Morgan fingerprint density at radius 3 is 2.62 bits per heavy atom. The molecule has 1 atom stereocenters. The van der Waals surface area contributed by atoms with E-state index in [1.807, 2.05) is 18.2 Å². The van der Waals surface area contributed by atoms with Crippen molar-refractivity contribution in [2.24, 2.45) is 0 Å². The number of hydrogen-bond acceptors (Lipinski definition) is 4. The molecule has 2 aromatic rings. The van der Waals surface area contributed by atoms with Crippen LogP contribution in [-0.4, -0.2) is 43.6 Å². The summed E-state index contributed by atoms with van der Waals surface area (Å²) in [6.45, 7) is 1.21. The fourth-order valence-electron chi connectivity index (χ4n) is 3.16. The smallest absolute Gasteiger partial charge is 0.273 e. The molecule has 1 amide bonds. The predicted octanol–water partition coefficient (Wildman–Crippen LogP) is 2.50. The van der Waals surface area contributed by atoms with Crippen LogP contribution >= 0.6 is 0 Å². The maximum Gasteiger partial charge on any atom is 0.273 e. The molecule has 6 heteroatoms. The summed E-state index contributed by atoms with van der Waals surface area (Å²) in [5, 5.41) is 0. The second kappa shape index (κ2) is 6.73. The number of carbonyl (C=O) groups excluding carboxylic acids is 1. The number of aromatic nitrogens is 1. The molecule has 5 nitrogen and oxygen atoms in total. The second-order valence-electron chi connectivity index (χ2n) is 6.12. The number of likely N-dealkylation sites (tertiary alicyclic amines) is 1. The molecule has 126 valence electrons. The second-order valence-corrected chi connectivity index (χ2v) is 8.11. The summed E-state index contributed by atoms with van der Waals surface area (Å²) >= 11 is 0. The van der Waals surface area contributed by atoms with Crippen LogP contribution in [0.25, 0.3) is 0 Å². The lowest BCUT2D eigenvalue weighted by atomic mass is 9.90. The minimum atomic E-state index is -3.49. The van der Waals surface area contributed by atoms with Crippen LogP contribution in [-0.2, 0) is 9.84 Å². The number of carbonyl (C=O) groups is 1. The maximum atomic E-state index is 12.8. The Hall–Kier alpha value is -2.21. The van der Waals surface area contributed by atoms with Crippen molar-refractivity contribution in [1.82, 2.24) is 9.88 Å². The quantitative estimate of drug-likeness (QED) is 0.858. The number of amides is 1. The van der Waals surface area contributed by atoms with Crippen LogP contribution < -0.4 is 0 Å². The zero-order chi connectivity index (χ0) is 17.2. The lowest BCUT2D eigenvalue weighted by Crippen LogP contribution is -2.40. The molecule has 1 aromatic heterocycles. The molecule has 0 aliphatic carbocycles. The van der Waals surface area contributed by atoms with E-state index < -0.39 is 9.84 Å². The van der Waals surface area contributed by atoms with Gasteiger partial charge in [0.1, 0.15) is 5.69 Å². The van der Waals surface area contributed by atoms with Gasteiger partial charge in [-0.1, -0.05) is 30.3 Å². The van der Waals surface area contributed by atoms with Gasteiger partial charge in [0.05, 0.1) is 4.90 Å². The summed E-state index contributed by atoms with van der Waals surface area (Å²) in [6.07, 6.45) is 4.48. The van der Waals surface area contributed by atoms with Crippen molar-refractivity contribution in [1.29, 1.82) is 0 Å².